The van der Waals surface area contributed by atoms with Crippen molar-refractivity contribution in [3.63, 3.8) is 0 Å². The standard InChI is InChI=1S/C12H8BrClFNO/c13-7-1-4-12(11(16)5-7)17-8-2-3-9(14)10(15)6-8/h1-6H,16H2. The van der Waals surface area contributed by atoms with E-state index in [1.807, 2.05) is 0 Å². The van der Waals surface area contributed by atoms with Crippen LogP contribution in [0, 0.1) is 5.82 Å². The van der Waals surface area contributed by atoms with E-state index in [1.165, 1.54) is 12.1 Å². The van der Waals surface area contributed by atoms with E-state index in [2.05, 4.69) is 15.9 Å². The number of nitrogen functional groups attached to an aromatic ring is 1. The van der Waals surface area contributed by atoms with Crippen molar-refractivity contribution in [1.82, 2.24) is 0 Å². The van der Waals surface area contributed by atoms with Crippen LogP contribution in [0.15, 0.2) is 40.9 Å². The number of anilines is 1. The molecule has 2 nitrogen and oxygen atoms in total. The van der Waals surface area contributed by atoms with Crippen molar-refractivity contribution in [2.75, 3.05) is 5.73 Å². The molecule has 2 N–H and O–H groups in total. The molecule has 0 aliphatic rings. The molecule has 2 aromatic carbocycles. The van der Waals surface area contributed by atoms with Gasteiger partial charge in [-0.15, -0.1) is 0 Å². The lowest BCUT2D eigenvalue weighted by Gasteiger charge is -2.09. The highest BCUT2D eigenvalue weighted by atomic mass is 79.9. The van der Waals surface area contributed by atoms with Crippen molar-refractivity contribution in [2.24, 2.45) is 0 Å². The highest BCUT2D eigenvalue weighted by Gasteiger charge is 2.05. The van der Waals surface area contributed by atoms with Crippen LogP contribution in [0.4, 0.5) is 10.1 Å². The first-order chi connectivity index (χ1) is 8.06. The van der Waals surface area contributed by atoms with Gasteiger partial charge in [0.25, 0.3) is 0 Å². The van der Waals surface area contributed by atoms with E-state index >= 15 is 0 Å². The second-order valence-electron chi connectivity index (χ2n) is 3.36. The minimum absolute atomic E-state index is 0.0566. The van der Waals surface area contributed by atoms with Crippen LogP contribution in [-0.4, -0.2) is 0 Å². The van der Waals surface area contributed by atoms with Crippen molar-refractivity contribution in [1.29, 1.82) is 0 Å². The summed E-state index contributed by atoms with van der Waals surface area (Å²) in [5.41, 5.74) is 6.23. The molecule has 0 heterocycles. The van der Waals surface area contributed by atoms with E-state index < -0.39 is 5.82 Å². The zero-order chi connectivity index (χ0) is 12.4. The molecule has 0 aliphatic heterocycles. The Morgan fingerprint density at radius 2 is 1.94 bits per heavy atom. The molecule has 0 unspecified atom stereocenters. The van der Waals surface area contributed by atoms with Crippen LogP contribution in [0.1, 0.15) is 0 Å². The number of nitrogens with two attached hydrogens (primary N) is 1. The van der Waals surface area contributed by atoms with Gasteiger partial charge < -0.3 is 10.5 Å². The predicted molar refractivity (Wildman–Crippen MR) is 70.0 cm³/mol. The Balaban J connectivity index is 2.28. The van der Waals surface area contributed by atoms with E-state index in [9.17, 15) is 4.39 Å². The summed E-state index contributed by atoms with van der Waals surface area (Å²) in [5.74, 6) is 0.288. The largest absolute Gasteiger partial charge is 0.455 e. The fourth-order valence-electron chi connectivity index (χ4n) is 1.28. The van der Waals surface area contributed by atoms with Crippen LogP contribution in [-0.2, 0) is 0 Å². The van der Waals surface area contributed by atoms with Gasteiger partial charge in [-0.05, 0) is 30.3 Å². The zero-order valence-electron chi connectivity index (χ0n) is 8.58. The maximum atomic E-state index is 13.2. The summed E-state index contributed by atoms with van der Waals surface area (Å²) < 4.78 is 19.5. The summed E-state index contributed by atoms with van der Waals surface area (Å²) >= 11 is 8.86. The van der Waals surface area contributed by atoms with E-state index in [1.54, 1.807) is 24.3 Å². The molecular weight excluding hydrogens is 308 g/mol. The molecule has 0 radical (unpaired) electrons. The Kier molecular flexibility index (Phi) is 3.54. The quantitative estimate of drug-likeness (QED) is 0.821. The van der Waals surface area contributed by atoms with E-state index in [-0.39, 0.29) is 5.02 Å². The van der Waals surface area contributed by atoms with Crippen molar-refractivity contribution >= 4 is 33.2 Å². The van der Waals surface area contributed by atoms with Crippen molar-refractivity contribution in [3.8, 4) is 11.5 Å². The van der Waals surface area contributed by atoms with E-state index in [4.69, 9.17) is 22.1 Å². The first-order valence-corrected chi connectivity index (χ1v) is 5.91. The summed E-state index contributed by atoms with van der Waals surface area (Å²) in [6, 6.07) is 9.42. The van der Waals surface area contributed by atoms with Crippen LogP contribution in [0.3, 0.4) is 0 Å². The third kappa shape index (κ3) is 2.90. The molecular formula is C12H8BrClFNO. The molecule has 0 fully saturated rings. The summed E-state index contributed by atoms with van der Waals surface area (Å²) in [5, 5.41) is 0.0566. The van der Waals surface area contributed by atoms with Gasteiger partial charge in [0.1, 0.15) is 17.3 Å². The Morgan fingerprint density at radius 1 is 1.18 bits per heavy atom. The summed E-state index contributed by atoms with van der Waals surface area (Å²) in [7, 11) is 0. The van der Waals surface area contributed by atoms with Crippen LogP contribution >= 0.6 is 27.5 Å². The molecule has 0 aromatic heterocycles. The van der Waals surface area contributed by atoms with E-state index in [0.717, 1.165) is 4.47 Å². The van der Waals surface area contributed by atoms with Gasteiger partial charge in [0.05, 0.1) is 10.7 Å². The van der Waals surface area contributed by atoms with E-state index in [0.29, 0.717) is 17.2 Å². The average molecular weight is 317 g/mol. The number of halogens is 3. The van der Waals surface area contributed by atoms with Gasteiger partial charge >= 0.3 is 0 Å². The number of hydrogen-bond acceptors (Lipinski definition) is 2. The number of hydrogen-bond donors (Lipinski definition) is 1. The lowest BCUT2D eigenvalue weighted by molar-refractivity contribution is 0.479. The molecule has 88 valence electrons. The smallest absolute Gasteiger partial charge is 0.150 e. The lowest BCUT2D eigenvalue weighted by Crippen LogP contribution is -1.92. The van der Waals surface area contributed by atoms with Crippen molar-refractivity contribution in [2.45, 2.75) is 0 Å². The SMILES string of the molecule is Nc1cc(Br)ccc1Oc1ccc(Cl)c(F)c1. The summed E-state index contributed by atoms with van der Waals surface area (Å²) in [6.45, 7) is 0. The summed E-state index contributed by atoms with van der Waals surface area (Å²) in [6.07, 6.45) is 0. The molecule has 0 atom stereocenters. The topological polar surface area (TPSA) is 35.2 Å². The first-order valence-electron chi connectivity index (χ1n) is 4.74. The second-order valence-corrected chi connectivity index (χ2v) is 4.68. The maximum absolute atomic E-state index is 13.2. The van der Waals surface area contributed by atoms with Crippen LogP contribution in [0.5, 0.6) is 11.5 Å². The van der Waals surface area contributed by atoms with Gasteiger partial charge in [-0.2, -0.15) is 0 Å². The highest BCUT2D eigenvalue weighted by Crippen LogP contribution is 2.31. The normalized spacial score (nSPS) is 10.3. The molecule has 2 rings (SSSR count). The number of ether oxygens (including phenoxy) is 1. The van der Waals surface area contributed by atoms with Crippen LogP contribution in [0.25, 0.3) is 0 Å². The molecule has 0 saturated heterocycles. The Bertz CT molecular complexity index is 562. The fourth-order valence-corrected chi connectivity index (χ4v) is 1.78. The van der Waals surface area contributed by atoms with Gasteiger partial charge in [0, 0.05) is 10.5 Å². The average Bonchev–Trinajstić information content (AvgIpc) is 2.27. The molecule has 0 bridgehead atoms. The predicted octanol–water partition coefficient (Wildman–Crippen LogP) is 4.62. The highest BCUT2D eigenvalue weighted by molar-refractivity contribution is 9.10. The number of benzene rings is 2. The zero-order valence-corrected chi connectivity index (χ0v) is 10.9. The molecule has 17 heavy (non-hydrogen) atoms. The maximum Gasteiger partial charge on any atom is 0.150 e. The summed E-state index contributed by atoms with van der Waals surface area (Å²) in [4.78, 5) is 0. The van der Waals surface area contributed by atoms with Crippen LogP contribution < -0.4 is 10.5 Å². The number of rotatable bonds is 2. The van der Waals surface area contributed by atoms with Crippen molar-refractivity contribution in [3.05, 3.63) is 51.7 Å². The lowest BCUT2D eigenvalue weighted by atomic mass is 10.3. The third-order valence-corrected chi connectivity index (χ3v) is 2.89. The van der Waals surface area contributed by atoms with Crippen molar-refractivity contribution < 1.29 is 9.13 Å². The molecule has 5 heteroatoms. The first kappa shape index (κ1) is 12.2. The molecule has 0 saturated carbocycles. The molecule has 2 aromatic rings. The van der Waals surface area contributed by atoms with Crippen LogP contribution in [0.2, 0.25) is 5.02 Å². The third-order valence-electron chi connectivity index (χ3n) is 2.09. The van der Waals surface area contributed by atoms with Gasteiger partial charge in [-0.1, -0.05) is 27.5 Å². The van der Waals surface area contributed by atoms with Gasteiger partial charge in [-0.25, -0.2) is 4.39 Å². The second kappa shape index (κ2) is 4.94. The Labute approximate surface area is 111 Å². The molecule has 0 aliphatic carbocycles. The Morgan fingerprint density at radius 3 is 2.59 bits per heavy atom. The monoisotopic (exact) mass is 315 g/mol. The minimum atomic E-state index is -0.528. The fraction of sp³-hybridized carbons (Fsp3) is 0. The van der Waals surface area contributed by atoms with Gasteiger partial charge in [-0.3, -0.25) is 0 Å². The minimum Gasteiger partial charge on any atom is -0.455 e. The molecule has 0 spiro atoms. The molecule has 0 amide bonds. The van der Waals surface area contributed by atoms with Gasteiger partial charge in [0.15, 0.2) is 0 Å². The van der Waals surface area contributed by atoms with Gasteiger partial charge in [0.2, 0.25) is 0 Å². The Hall–Kier alpha value is -1.26.